The molecule has 0 radical (unpaired) electrons. The number of ketones is 1. The molecule has 34 heavy (non-hydrogen) atoms. The van der Waals surface area contributed by atoms with Crippen molar-refractivity contribution >= 4 is 43.3 Å². The average molecular weight is 504 g/mol. The van der Waals surface area contributed by atoms with E-state index in [0.29, 0.717) is 5.56 Å². The van der Waals surface area contributed by atoms with E-state index in [1.807, 2.05) is 91.0 Å². The fraction of sp³-hybridized carbons (Fsp3) is 0.0968. The Morgan fingerprint density at radius 1 is 0.765 bits per heavy atom. The molecule has 5 aromatic carbocycles. The summed E-state index contributed by atoms with van der Waals surface area (Å²) in [6.07, 6.45) is 0.246. The third-order valence-corrected chi connectivity index (χ3v) is 6.95. The number of nitrogens with zero attached hydrogens (tertiary/aromatic N) is 1. The first-order valence-corrected chi connectivity index (χ1v) is 12.1. The van der Waals surface area contributed by atoms with Crippen molar-refractivity contribution in [2.75, 3.05) is 0 Å². The zero-order chi connectivity index (χ0) is 23.5. The minimum absolute atomic E-state index is 0.0382. The number of carbonyl (C=O) groups is 1. The Labute approximate surface area is 207 Å². The summed E-state index contributed by atoms with van der Waals surface area (Å²) in [4.78, 5) is 13.6. The molecule has 0 amide bonds. The van der Waals surface area contributed by atoms with Gasteiger partial charge in [-0.2, -0.15) is 5.26 Å². The maximum atomic E-state index is 13.6. The second-order valence-corrected chi connectivity index (χ2v) is 9.44. The standard InChI is InChI=1S/C31H22BrNO/c32-26-12-5-11-24(18-26)29(19-31(34)25-16-15-21-7-1-2-9-23(21)17-25)30(20-33)28-14-6-10-22-8-3-4-13-27(22)28/h1-18,29-30H,19H2/t29-,30-/m1/s1. The topological polar surface area (TPSA) is 40.9 Å². The quantitative estimate of drug-likeness (QED) is 0.218. The predicted octanol–water partition coefficient (Wildman–Crippen LogP) is 8.42. The zero-order valence-electron chi connectivity index (χ0n) is 18.5. The van der Waals surface area contributed by atoms with E-state index < -0.39 is 5.92 Å². The lowest BCUT2D eigenvalue weighted by Crippen LogP contribution is -2.15. The summed E-state index contributed by atoms with van der Waals surface area (Å²) in [6, 6.07) is 38.5. The van der Waals surface area contributed by atoms with E-state index in [4.69, 9.17) is 0 Å². The van der Waals surface area contributed by atoms with Crippen LogP contribution in [0.15, 0.2) is 114 Å². The SMILES string of the molecule is N#C[C@H](c1cccc2ccccc12)[C@H](CC(=O)c1ccc2ccccc2c1)c1cccc(Br)c1. The van der Waals surface area contributed by atoms with E-state index in [-0.39, 0.29) is 18.1 Å². The van der Waals surface area contributed by atoms with Gasteiger partial charge in [-0.05, 0) is 50.9 Å². The number of hydrogen-bond acceptors (Lipinski definition) is 2. The molecule has 0 aliphatic rings. The van der Waals surface area contributed by atoms with Gasteiger partial charge in [0, 0.05) is 22.4 Å². The smallest absolute Gasteiger partial charge is 0.163 e. The third-order valence-electron chi connectivity index (χ3n) is 6.45. The van der Waals surface area contributed by atoms with Crippen LogP contribution in [-0.4, -0.2) is 5.78 Å². The van der Waals surface area contributed by atoms with E-state index in [2.05, 4.69) is 40.2 Å². The molecule has 0 aliphatic carbocycles. The summed E-state index contributed by atoms with van der Waals surface area (Å²) in [6.45, 7) is 0. The van der Waals surface area contributed by atoms with Crippen LogP contribution in [0.5, 0.6) is 0 Å². The highest BCUT2D eigenvalue weighted by atomic mass is 79.9. The summed E-state index contributed by atoms with van der Waals surface area (Å²) >= 11 is 3.57. The Morgan fingerprint density at radius 3 is 2.26 bits per heavy atom. The highest BCUT2D eigenvalue weighted by Crippen LogP contribution is 2.40. The number of rotatable bonds is 6. The number of fused-ring (bicyclic) bond motifs is 2. The van der Waals surface area contributed by atoms with E-state index in [9.17, 15) is 10.1 Å². The Kier molecular flexibility index (Phi) is 6.25. The summed E-state index contributed by atoms with van der Waals surface area (Å²) < 4.78 is 0.933. The summed E-state index contributed by atoms with van der Waals surface area (Å²) in [7, 11) is 0. The van der Waals surface area contributed by atoms with Crippen LogP contribution in [0.2, 0.25) is 0 Å². The van der Waals surface area contributed by atoms with Gasteiger partial charge in [0.25, 0.3) is 0 Å². The molecule has 0 fully saturated rings. The van der Waals surface area contributed by atoms with Gasteiger partial charge >= 0.3 is 0 Å². The minimum atomic E-state index is -0.468. The van der Waals surface area contributed by atoms with Crippen molar-refractivity contribution in [2.24, 2.45) is 0 Å². The minimum Gasteiger partial charge on any atom is -0.294 e. The maximum Gasteiger partial charge on any atom is 0.163 e. The zero-order valence-corrected chi connectivity index (χ0v) is 20.1. The van der Waals surface area contributed by atoms with Gasteiger partial charge < -0.3 is 0 Å². The van der Waals surface area contributed by atoms with Gasteiger partial charge in [-0.25, -0.2) is 0 Å². The molecule has 0 spiro atoms. The lowest BCUT2D eigenvalue weighted by atomic mass is 9.77. The van der Waals surface area contributed by atoms with E-state index in [1.54, 1.807) is 0 Å². The van der Waals surface area contributed by atoms with Crippen LogP contribution in [0.3, 0.4) is 0 Å². The molecule has 5 rings (SSSR count). The number of halogens is 1. The fourth-order valence-electron chi connectivity index (χ4n) is 4.74. The second-order valence-electron chi connectivity index (χ2n) is 8.53. The molecule has 0 aromatic heterocycles. The number of hydrogen-bond donors (Lipinski definition) is 0. The second kappa shape index (κ2) is 9.63. The van der Waals surface area contributed by atoms with Crippen LogP contribution in [0.1, 0.15) is 39.7 Å². The highest BCUT2D eigenvalue weighted by molar-refractivity contribution is 9.10. The van der Waals surface area contributed by atoms with Crippen LogP contribution < -0.4 is 0 Å². The molecule has 2 atom stereocenters. The van der Waals surface area contributed by atoms with Crippen LogP contribution in [0.4, 0.5) is 0 Å². The monoisotopic (exact) mass is 503 g/mol. The lowest BCUT2D eigenvalue weighted by Gasteiger charge is -2.24. The first kappa shape index (κ1) is 22.1. The van der Waals surface area contributed by atoms with Crippen LogP contribution >= 0.6 is 15.9 Å². The number of carbonyl (C=O) groups excluding carboxylic acids is 1. The molecule has 0 aliphatic heterocycles. The van der Waals surface area contributed by atoms with Crippen LogP contribution in [0.25, 0.3) is 21.5 Å². The van der Waals surface area contributed by atoms with Crippen molar-refractivity contribution in [1.29, 1.82) is 5.26 Å². The van der Waals surface area contributed by atoms with Crippen LogP contribution in [-0.2, 0) is 0 Å². The van der Waals surface area contributed by atoms with Gasteiger partial charge in [-0.1, -0.05) is 107 Å². The molecule has 0 saturated heterocycles. The van der Waals surface area contributed by atoms with Crippen molar-refractivity contribution in [3.05, 3.63) is 130 Å². The molecule has 164 valence electrons. The van der Waals surface area contributed by atoms with Gasteiger partial charge in [0.1, 0.15) is 0 Å². The van der Waals surface area contributed by atoms with E-state index in [0.717, 1.165) is 37.1 Å². The van der Waals surface area contributed by atoms with E-state index in [1.165, 1.54) is 0 Å². The van der Waals surface area contributed by atoms with Crippen molar-refractivity contribution in [3.8, 4) is 6.07 Å². The Morgan fingerprint density at radius 2 is 1.47 bits per heavy atom. The molecular weight excluding hydrogens is 482 g/mol. The van der Waals surface area contributed by atoms with Crippen molar-refractivity contribution < 1.29 is 4.79 Å². The van der Waals surface area contributed by atoms with Crippen molar-refractivity contribution in [3.63, 3.8) is 0 Å². The number of nitriles is 1. The maximum absolute atomic E-state index is 13.6. The van der Waals surface area contributed by atoms with Gasteiger partial charge in [0.15, 0.2) is 5.78 Å². The first-order valence-electron chi connectivity index (χ1n) is 11.3. The molecule has 3 heteroatoms. The summed E-state index contributed by atoms with van der Waals surface area (Å²) in [5.41, 5.74) is 2.60. The Balaban J connectivity index is 1.58. The molecule has 0 heterocycles. The molecule has 0 unspecified atom stereocenters. The largest absolute Gasteiger partial charge is 0.294 e. The summed E-state index contributed by atoms with van der Waals surface area (Å²) in [5, 5.41) is 14.7. The highest BCUT2D eigenvalue weighted by Gasteiger charge is 2.29. The Hall–Kier alpha value is -3.74. The third kappa shape index (κ3) is 4.38. The van der Waals surface area contributed by atoms with Gasteiger partial charge in [-0.15, -0.1) is 0 Å². The molecule has 5 aromatic rings. The van der Waals surface area contributed by atoms with Crippen LogP contribution in [0, 0.1) is 11.3 Å². The van der Waals surface area contributed by atoms with Gasteiger partial charge in [0.05, 0.1) is 12.0 Å². The average Bonchev–Trinajstić information content (AvgIpc) is 2.88. The molecule has 2 nitrogen and oxygen atoms in total. The van der Waals surface area contributed by atoms with Gasteiger partial charge in [0.2, 0.25) is 0 Å². The number of Topliss-reactive ketones (excluding diaryl/α,β-unsaturated/α-hetero) is 1. The van der Waals surface area contributed by atoms with Crippen molar-refractivity contribution in [2.45, 2.75) is 18.3 Å². The number of benzene rings is 5. The molecule has 0 saturated carbocycles. The van der Waals surface area contributed by atoms with Crippen molar-refractivity contribution in [1.82, 2.24) is 0 Å². The molecular formula is C31H22BrNO. The van der Waals surface area contributed by atoms with E-state index >= 15 is 0 Å². The first-order chi connectivity index (χ1) is 16.6. The summed E-state index contributed by atoms with van der Waals surface area (Å²) in [5.74, 6) is -0.715. The fourth-order valence-corrected chi connectivity index (χ4v) is 5.16. The Bertz CT molecular complexity index is 1540. The lowest BCUT2D eigenvalue weighted by molar-refractivity contribution is 0.0972. The molecule has 0 N–H and O–H groups in total. The normalized spacial score (nSPS) is 12.8. The van der Waals surface area contributed by atoms with Gasteiger partial charge in [-0.3, -0.25) is 4.79 Å². The predicted molar refractivity (Wildman–Crippen MR) is 142 cm³/mol. The molecule has 0 bridgehead atoms.